The Morgan fingerprint density at radius 1 is 1.44 bits per heavy atom. The summed E-state index contributed by atoms with van der Waals surface area (Å²) in [5, 5.41) is 0. The highest BCUT2D eigenvalue weighted by Gasteiger charge is 2.34. The van der Waals surface area contributed by atoms with Gasteiger partial charge in [0, 0.05) is 13.6 Å². The van der Waals surface area contributed by atoms with Crippen LogP contribution in [-0.4, -0.2) is 23.9 Å². The van der Waals surface area contributed by atoms with E-state index >= 15 is 0 Å². The summed E-state index contributed by atoms with van der Waals surface area (Å²) >= 11 is 0. The quantitative estimate of drug-likeness (QED) is 0.830. The van der Waals surface area contributed by atoms with E-state index in [0.29, 0.717) is 12.5 Å². The molecule has 3 heteroatoms. The van der Waals surface area contributed by atoms with Crippen molar-refractivity contribution in [2.24, 2.45) is 11.7 Å². The standard InChI is InChI=1S/C13H18N2O/c1-15(9-10-5-3-2-4-6-10)13(16)12(14)11-7-8-11/h2-6,11-12H,7-9,14H2,1H3. The molecule has 1 unspecified atom stereocenters. The zero-order valence-corrected chi connectivity index (χ0v) is 9.60. The molecule has 0 spiro atoms. The van der Waals surface area contributed by atoms with Gasteiger partial charge in [0.15, 0.2) is 0 Å². The van der Waals surface area contributed by atoms with Gasteiger partial charge in [-0.1, -0.05) is 30.3 Å². The average molecular weight is 218 g/mol. The lowest BCUT2D eigenvalue weighted by molar-refractivity contribution is -0.132. The van der Waals surface area contributed by atoms with E-state index in [2.05, 4.69) is 0 Å². The molecule has 16 heavy (non-hydrogen) atoms. The molecule has 0 heterocycles. The van der Waals surface area contributed by atoms with Gasteiger partial charge in [0.2, 0.25) is 5.91 Å². The SMILES string of the molecule is CN(Cc1ccccc1)C(=O)C(N)C1CC1. The van der Waals surface area contributed by atoms with Crippen LogP contribution in [0.5, 0.6) is 0 Å². The van der Waals surface area contributed by atoms with Crippen LogP contribution in [0.2, 0.25) is 0 Å². The molecular weight excluding hydrogens is 200 g/mol. The summed E-state index contributed by atoms with van der Waals surface area (Å²) in [5.41, 5.74) is 7.03. The fourth-order valence-electron chi connectivity index (χ4n) is 1.85. The van der Waals surface area contributed by atoms with Crippen LogP contribution in [0, 0.1) is 5.92 Å². The van der Waals surface area contributed by atoms with Crippen molar-refractivity contribution in [3.63, 3.8) is 0 Å². The molecular formula is C13H18N2O. The predicted octanol–water partition coefficient (Wildman–Crippen LogP) is 1.38. The van der Waals surface area contributed by atoms with Crippen LogP contribution in [0.1, 0.15) is 18.4 Å². The smallest absolute Gasteiger partial charge is 0.239 e. The van der Waals surface area contributed by atoms with Gasteiger partial charge in [-0.2, -0.15) is 0 Å². The highest BCUT2D eigenvalue weighted by Crippen LogP contribution is 2.32. The van der Waals surface area contributed by atoms with Crippen LogP contribution in [0.25, 0.3) is 0 Å². The molecule has 0 aromatic heterocycles. The molecule has 86 valence electrons. The Morgan fingerprint density at radius 2 is 2.06 bits per heavy atom. The summed E-state index contributed by atoms with van der Waals surface area (Å²) in [6.07, 6.45) is 2.21. The van der Waals surface area contributed by atoms with Gasteiger partial charge in [0.1, 0.15) is 0 Å². The van der Waals surface area contributed by atoms with Crippen LogP contribution in [0.3, 0.4) is 0 Å². The second kappa shape index (κ2) is 4.66. The van der Waals surface area contributed by atoms with Crippen molar-refractivity contribution in [2.75, 3.05) is 7.05 Å². The Kier molecular flexibility index (Phi) is 3.25. The van der Waals surface area contributed by atoms with Crippen LogP contribution < -0.4 is 5.73 Å². The van der Waals surface area contributed by atoms with E-state index in [1.54, 1.807) is 4.90 Å². The number of carbonyl (C=O) groups is 1. The molecule has 3 nitrogen and oxygen atoms in total. The fraction of sp³-hybridized carbons (Fsp3) is 0.462. The molecule has 1 amide bonds. The van der Waals surface area contributed by atoms with E-state index in [-0.39, 0.29) is 11.9 Å². The minimum Gasteiger partial charge on any atom is -0.340 e. The first-order valence-electron chi connectivity index (χ1n) is 5.73. The second-order valence-corrected chi connectivity index (χ2v) is 4.54. The Morgan fingerprint density at radius 3 is 2.62 bits per heavy atom. The molecule has 0 aliphatic heterocycles. The van der Waals surface area contributed by atoms with Gasteiger partial charge in [-0.05, 0) is 24.3 Å². The van der Waals surface area contributed by atoms with Gasteiger partial charge in [-0.3, -0.25) is 4.79 Å². The Balaban J connectivity index is 1.92. The van der Waals surface area contributed by atoms with Crippen LogP contribution in [0.15, 0.2) is 30.3 Å². The molecule has 1 atom stereocenters. The number of nitrogens with two attached hydrogens (primary N) is 1. The molecule has 1 aromatic rings. The molecule has 0 radical (unpaired) electrons. The van der Waals surface area contributed by atoms with E-state index in [4.69, 9.17) is 5.73 Å². The van der Waals surface area contributed by atoms with Gasteiger partial charge >= 0.3 is 0 Å². The highest BCUT2D eigenvalue weighted by molar-refractivity contribution is 5.82. The molecule has 2 N–H and O–H groups in total. The summed E-state index contributed by atoms with van der Waals surface area (Å²) in [6, 6.07) is 9.68. The predicted molar refractivity (Wildman–Crippen MR) is 63.6 cm³/mol. The van der Waals surface area contributed by atoms with Gasteiger partial charge in [-0.25, -0.2) is 0 Å². The number of nitrogens with zero attached hydrogens (tertiary/aromatic N) is 1. The van der Waals surface area contributed by atoms with Crippen LogP contribution >= 0.6 is 0 Å². The van der Waals surface area contributed by atoms with Gasteiger partial charge in [-0.15, -0.1) is 0 Å². The number of carbonyl (C=O) groups excluding carboxylic acids is 1. The molecule has 1 fully saturated rings. The number of hydrogen-bond acceptors (Lipinski definition) is 2. The molecule has 0 saturated heterocycles. The number of rotatable bonds is 4. The summed E-state index contributed by atoms with van der Waals surface area (Å²) in [6.45, 7) is 0.639. The van der Waals surface area contributed by atoms with Crippen molar-refractivity contribution in [1.82, 2.24) is 4.90 Å². The molecule has 1 aromatic carbocycles. The highest BCUT2D eigenvalue weighted by atomic mass is 16.2. The average Bonchev–Trinajstić information content (AvgIpc) is 3.12. The Labute approximate surface area is 96.2 Å². The molecule has 1 aliphatic carbocycles. The van der Waals surface area contributed by atoms with Crippen molar-refractivity contribution >= 4 is 5.91 Å². The lowest BCUT2D eigenvalue weighted by Crippen LogP contribution is -2.42. The number of likely N-dealkylation sites (N-methyl/N-ethyl adjacent to an activating group) is 1. The minimum atomic E-state index is -0.297. The maximum Gasteiger partial charge on any atom is 0.239 e. The van der Waals surface area contributed by atoms with E-state index in [1.807, 2.05) is 37.4 Å². The van der Waals surface area contributed by atoms with E-state index < -0.39 is 0 Å². The van der Waals surface area contributed by atoms with Crippen LogP contribution in [0.4, 0.5) is 0 Å². The van der Waals surface area contributed by atoms with Gasteiger partial charge < -0.3 is 10.6 Å². The maximum atomic E-state index is 11.9. The molecule has 1 saturated carbocycles. The van der Waals surface area contributed by atoms with Crippen molar-refractivity contribution < 1.29 is 4.79 Å². The third-order valence-electron chi connectivity index (χ3n) is 3.05. The van der Waals surface area contributed by atoms with E-state index in [9.17, 15) is 4.79 Å². The second-order valence-electron chi connectivity index (χ2n) is 4.54. The van der Waals surface area contributed by atoms with Gasteiger partial charge in [0.25, 0.3) is 0 Å². The summed E-state index contributed by atoms with van der Waals surface area (Å²) in [5.74, 6) is 0.483. The van der Waals surface area contributed by atoms with Crippen molar-refractivity contribution in [2.45, 2.75) is 25.4 Å². The van der Waals surface area contributed by atoms with E-state index in [1.165, 1.54) is 0 Å². The normalized spacial score (nSPS) is 16.9. The van der Waals surface area contributed by atoms with Crippen LogP contribution in [-0.2, 0) is 11.3 Å². The first-order chi connectivity index (χ1) is 7.68. The largest absolute Gasteiger partial charge is 0.340 e. The van der Waals surface area contributed by atoms with Crippen molar-refractivity contribution in [1.29, 1.82) is 0 Å². The zero-order chi connectivity index (χ0) is 11.5. The lowest BCUT2D eigenvalue weighted by Gasteiger charge is -2.21. The molecule has 2 rings (SSSR count). The zero-order valence-electron chi connectivity index (χ0n) is 9.60. The minimum absolute atomic E-state index is 0.0614. The van der Waals surface area contributed by atoms with Crippen molar-refractivity contribution in [3.05, 3.63) is 35.9 Å². The summed E-state index contributed by atoms with van der Waals surface area (Å²) < 4.78 is 0. The number of benzene rings is 1. The maximum absolute atomic E-state index is 11.9. The lowest BCUT2D eigenvalue weighted by atomic mass is 10.1. The van der Waals surface area contributed by atoms with E-state index in [0.717, 1.165) is 18.4 Å². The van der Waals surface area contributed by atoms with Crippen molar-refractivity contribution in [3.8, 4) is 0 Å². The Bertz CT molecular complexity index is 359. The number of amides is 1. The first kappa shape index (κ1) is 11.1. The number of hydrogen-bond donors (Lipinski definition) is 1. The van der Waals surface area contributed by atoms with Gasteiger partial charge in [0.05, 0.1) is 6.04 Å². The third-order valence-corrected chi connectivity index (χ3v) is 3.05. The Hall–Kier alpha value is -1.35. The summed E-state index contributed by atoms with van der Waals surface area (Å²) in [4.78, 5) is 13.7. The monoisotopic (exact) mass is 218 g/mol. The topological polar surface area (TPSA) is 46.3 Å². The third kappa shape index (κ3) is 2.61. The fourth-order valence-corrected chi connectivity index (χ4v) is 1.85. The molecule has 1 aliphatic rings. The first-order valence-corrected chi connectivity index (χ1v) is 5.73. The molecule has 0 bridgehead atoms. The summed E-state index contributed by atoms with van der Waals surface area (Å²) in [7, 11) is 1.82.